The molecule has 0 aliphatic heterocycles. The Kier molecular flexibility index (Phi) is 4.53. The number of aromatic nitrogens is 3. The Labute approximate surface area is 135 Å². The lowest BCUT2D eigenvalue weighted by Gasteiger charge is -2.12. The van der Waals surface area contributed by atoms with Crippen LogP contribution in [0.5, 0.6) is 0 Å². The number of fused-ring (bicyclic) bond motifs is 1. The van der Waals surface area contributed by atoms with Gasteiger partial charge in [-0.1, -0.05) is 0 Å². The minimum absolute atomic E-state index is 0.0390. The van der Waals surface area contributed by atoms with Crippen LogP contribution in [0.15, 0.2) is 24.5 Å². The van der Waals surface area contributed by atoms with Gasteiger partial charge in [0.15, 0.2) is 5.82 Å². The first kappa shape index (κ1) is 15.8. The Hall–Kier alpha value is -2.06. The maximum atomic E-state index is 11.0. The summed E-state index contributed by atoms with van der Waals surface area (Å²) in [6.07, 6.45) is 6.84. The normalized spacial score (nSPS) is 13.8. The second-order valence-electron chi connectivity index (χ2n) is 5.56. The van der Waals surface area contributed by atoms with Crippen LogP contribution in [0.2, 0.25) is 0 Å². The van der Waals surface area contributed by atoms with E-state index in [-0.39, 0.29) is 5.75 Å². The van der Waals surface area contributed by atoms with E-state index >= 15 is 0 Å². The molecule has 2 heterocycles. The number of nitrogens with zero attached hydrogens (tertiary/aromatic N) is 3. The zero-order valence-corrected chi connectivity index (χ0v) is 13.5. The van der Waals surface area contributed by atoms with Crippen LogP contribution in [-0.4, -0.2) is 35.7 Å². The van der Waals surface area contributed by atoms with Crippen molar-refractivity contribution in [2.24, 2.45) is 5.14 Å². The molecule has 122 valence electrons. The average molecular weight is 333 g/mol. The van der Waals surface area contributed by atoms with E-state index in [1.54, 1.807) is 12.4 Å². The van der Waals surface area contributed by atoms with Crippen molar-refractivity contribution in [3.05, 3.63) is 35.8 Å². The van der Waals surface area contributed by atoms with Crippen LogP contribution in [0.1, 0.15) is 24.1 Å². The third kappa shape index (κ3) is 4.02. The molecule has 2 aromatic heterocycles. The number of sulfonamides is 1. The van der Waals surface area contributed by atoms with Gasteiger partial charge in [0.1, 0.15) is 5.82 Å². The Balaban J connectivity index is 1.80. The molecule has 1 aliphatic rings. The first-order valence-electron chi connectivity index (χ1n) is 7.57. The molecule has 0 saturated carbocycles. The molecule has 3 rings (SSSR count). The summed E-state index contributed by atoms with van der Waals surface area (Å²) in [6, 6.07) is 3.78. The van der Waals surface area contributed by atoms with E-state index < -0.39 is 10.0 Å². The van der Waals surface area contributed by atoms with Crippen molar-refractivity contribution in [2.75, 3.05) is 17.6 Å². The van der Waals surface area contributed by atoms with Gasteiger partial charge in [0, 0.05) is 35.8 Å². The fourth-order valence-electron chi connectivity index (χ4n) is 2.68. The number of anilines is 1. The van der Waals surface area contributed by atoms with Gasteiger partial charge in [-0.2, -0.15) is 0 Å². The lowest BCUT2D eigenvalue weighted by Crippen LogP contribution is -2.19. The minimum Gasteiger partial charge on any atom is -0.370 e. The quantitative estimate of drug-likeness (QED) is 0.766. The highest BCUT2D eigenvalue weighted by atomic mass is 32.2. The van der Waals surface area contributed by atoms with Crippen molar-refractivity contribution in [3.63, 3.8) is 0 Å². The average Bonchev–Trinajstić information content (AvgIpc) is 3.00. The highest BCUT2D eigenvalue weighted by Crippen LogP contribution is 2.28. The van der Waals surface area contributed by atoms with Gasteiger partial charge in [0.2, 0.25) is 10.0 Å². The van der Waals surface area contributed by atoms with E-state index in [9.17, 15) is 8.42 Å². The molecule has 0 radical (unpaired) electrons. The molecular formula is C15H19N5O2S. The van der Waals surface area contributed by atoms with Gasteiger partial charge in [-0.05, 0) is 37.8 Å². The molecule has 7 nitrogen and oxygen atoms in total. The number of hydrogen-bond acceptors (Lipinski definition) is 6. The Bertz CT molecular complexity index is 793. The smallest absolute Gasteiger partial charge is 0.209 e. The van der Waals surface area contributed by atoms with E-state index in [2.05, 4.69) is 20.3 Å². The van der Waals surface area contributed by atoms with Gasteiger partial charge in [-0.25, -0.2) is 23.5 Å². The Morgan fingerprint density at radius 3 is 2.87 bits per heavy atom. The number of hydrogen-bond donors (Lipinski definition) is 2. The molecule has 8 heteroatoms. The number of nitrogens with two attached hydrogens (primary N) is 1. The van der Waals surface area contributed by atoms with Crippen molar-refractivity contribution in [3.8, 4) is 11.4 Å². The van der Waals surface area contributed by atoms with Gasteiger partial charge in [0.25, 0.3) is 0 Å². The van der Waals surface area contributed by atoms with Gasteiger partial charge >= 0.3 is 0 Å². The molecule has 0 atom stereocenters. The van der Waals surface area contributed by atoms with E-state index in [1.165, 1.54) is 0 Å². The zero-order valence-electron chi connectivity index (χ0n) is 12.7. The number of rotatable bonds is 6. The van der Waals surface area contributed by atoms with E-state index in [4.69, 9.17) is 5.14 Å². The molecule has 0 bridgehead atoms. The third-order valence-corrected chi connectivity index (χ3v) is 4.61. The molecule has 3 N–H and O–H groups in total. The summed E-state index contributed by atoms with van der Waals surface area (Å²) < 4.78 is 22.0. The van der Waals surface area contributed by atoms with E-state index in [0.29, 0.717) is 18.8 Å². The maximum absolute atomic E-state index is 11.0. The topological polar surface area (TPSA) is 111 Å². The number of primary sulfonamides is 1. The summed E-state index contributed by atoms with van der Waals surface area (Å²) in [4.78, 5) is 13.4. The molecule has 0 unspecified atom stereocenters. The predicted octanol–water partition coefficient (Wildman–Crippen LogP) is 1.12. The zero-order chi connectivity index (χ0) is 16.3. The van der Waals surface area contributed by atoms with Crippen LogP contribution in [0.3, 0.4) is 0 Å². The third-order valence-electron chi connectivity index (χ3n) is 3.75. The van der Waals surface area contributed by atoms with Crippen molar-refractivity contribution in [1.82, 2.24) is 15.0 Å². The highest BCUT2D eigenvalue weighted by Gasteiger charge is 2.19. The molecular weight excluding hydrogens is 314 g/mol. The SMILES string of the molecule is NS(=O)(=O)CCCNc1nc(-c2cccnc2)nc2c1CCC2. The molecule has 2 aromatic rings. The van der Waals surface area contributed by atoms with E-state index in [1.807, 2.05) is 12.1 Å². The Morgan fingerprint density at radius 1 is 1.26 bits per heavy atom. The summed E-state index contributed by atoms with van der Waals surface area (Å²) >= 11 is 0. The van der Waals surface area contributed by atoms with Crippen molar-refractivity contribution in [2.45, 2.75) is 25.7 Å². The number of nitrogens with one attached hydrogen (secondary N) is 1. The van der Waals surface area contributed by atoms with Gasteiger partial charge in [-0.15, -0.1) is 0 Å². The largest absolute Gasteiger partial charge is 0.370 e. The van der Waals surface area contributed by atoms with Crippen LogP contribution >= 0.6 is 0 Å². The minimum atomic E-state index is -3.42. The monoisotopic (exact) mass is 333 g/mol. The van der Waals surface area contributed by atoms with Crippen LogP contribution in [0, 0.1) is 0 Å². The number of aryl methyl sites for hydroxylation is 1. The van der Waals surface area contributed by atoms with Crippen molar-refractivity contribution < 1.29 is 8.42 Å². The van der Waals surface area contributed by atoms with Crippen LogP contribution < -0.4 is 10.5 Å². The van der Waals surface area contributed by atoms with Gasteiger partial charge in [0.05, 0.1) is 5.75 Å². The first-order valence-corrected chi connectivity index (χ1v) is 9.29. The molecule has 0 aromatic carbocycles. The van der Waals surface area contributed by atoms with E-state index in [0.717, 1.165) is 41.9 Å². The van der Waals surface area contributed by atoms with Crippen LogP contribution in [0.4, 0.5) is 5.82 Å². The van der Waals surface area contributed by atoms with Crippen LogP contribution in [-0.2, 0) is 22.9 Å². The lowest BCUT2D eigenvalue weighted by atomic mass is 10.2. The van der Waals surface area contributed by atoms with Gasteiger partial charge in [-0.3, -0.25) is 4.98 Å². The van der Waals surface area contributed by atoms with Crippen LogP contribution in [0.25, 0.3) is 11.4 Å². The standard InChI is InChI=1S/C15H19N5O2S/c16-23(21,22)9-3-8-18-15-12-5-1-6-13(12)19-14(20-15)11-4-2-7-17-10-11/h2,4,7,10H,1,3,5-6,8-9H2,(H2,16,21,22)(H,18,19,20). The fraction of sp³-hybridized carbons (Fsp3) is 0.400. The summed E-state index contributed by atoms with van der Waals surface area (Å²) in [5.74, 6) is 1.40. The number of pyridine rings is 1. The molecule has 1 aliphatic carbocycles. The second kappa shape index (κ2) is 6.59. The summed E-state index contributed by atoms with van der Waals surface area (Å²) in [7, 11) is -3.42. The van der Waals surface area contributed by atoms with Crippen molar-refractivity contribution >= 4 is 15.8 Å². The first-order chi connectivity index (χ1) is 11.0. The maximum Gasteiger partial charge on any atom is 0.209 e. The van der Waals surface area contributed by atoms with Crippen molar-refractivity contribution in [1.29, 1.82) is 0 Å². The molecule has 0 amide bonds. The molecule has 0 spiro atoms. The lowest BCUT2D eigenvalue weighted by molar-refractivity contribution is 0.595. The summed E-state index contributed by atoms with van der Waals surface area (Å²) in [6.45, 7) is 0.506. The second-order valence-corrected chi connectivity index (χ2v) is 7.30. The Morgan fingerprint density at radius 2 is 2.13 bits per heavy atom. The molecule has 23 heavy (non-hydrogen) atoms. The summed E-state index contributed by atoms with van der Waals surface area (Å²) in [5.41, 5.74) is 3.07. The summed E-state index contributed by atoms with van der Waals surface area (Å²) in [5, 5.41) is 8.25. The molecule has 0 fully saturated rings. The van der Waals surface area contributed by atoms with Gasteiger partial charge < -0.3 is 5.32 Å². The predicted molar refractivity (Wildman–Crippen MR) is 88.4 cm³/mol. The molecule has 0 saturated heterocycles. The highest BCUT2D eigenvalue weighted by molar-refractivity contribution is 7.89. The fourth-order valence-corrected chi connectivity index (χ4v) is 3.23.